The van der Waals surface area contributed by atoms with Crippen LogP contribution in [-0.2, 0) is 13.5 Å². The van der Waals surface area contributed by atoms with Crippen LogP contribution in [0.3, 0.4) is 0 Å². The van der Waals surface area contributed by atoms with Gasteiger partial charge >= 0.3 is 0 Å². The van der Waals surface area contributed by atoms with E-state index in [4.69, 9.17) is 5.84 Å². The van der Waals surface area contributed by atoms with Crippen molar-refractivity contribution in [1.29, 1.82) is 0 Å². The van der Waals surface area contributed by atoms with E-state index in [0.717, 1.165) is 18.2 Å². The Labute approximate surface area is 102 Å². The van der Waals surface area contributed by atoms with E-state index in [1.165, 1.54) is 30.5 Å². The first kappa shape index (κ1) is 12.4. The minimum absolute atomic E-state index is 0.270. The van der Waals surface area contributed by atoms with Crippen molar-refractivity contribution < 1.29 is 0 Å². The van der Waals surface area contributed by atoms with Crippen LogP contribution in [0.1, 0.15) is 38.4 Å². The smallest absolute Gasteiger partial charge is 0.176 e. The maximum absolute atomic E-state index is 5.66. The number of rotatable bonds is 4. The van der Waals surface area contributed by atoms with Gasteiger partial charge in [0.15, 0.2) is 5.82 Å². The maximum Gasteiger partial charge on any atom is 0.176 e. The molecule has 0 aromatic carbocycles. The van der Waals surface area contributed by atoms with Crippen molar-refractivity contribution in [3.63, 3.8) is 0 Å². The average molecular weight is 238 g/mol. The van der Waals surface area contributed by atoms with Gasteiger partial charge in [-0.25, -0.2) is 0 Å². The summed E-state index contributed by atoms with van der Waals surface area (Å²) in [6.45, 7) is 2.32. The summed E-state index contributed by atoms with van der Waals surface area (Å²) in [4.78, 5) is 1.49. The van der Waals surface area contributed by atoms with Crippen molar-refractivity contribution in [2.45, 2.75) is 45.1 Å². The molecule has 6 heteroatoms. The monoisotopic (exact) mass is 238 g/mol. The summed E-state index contributed by atoms with van der Waals surface area (Å²) in [7, 11) is 1.78. The van der Waals surface area contributed by atoms with E-state index in [0.29, 0.717) is 5.92 Å². The van der Waals surface area contributed by atoms with Gasteiger partial charge in [0.1, 0.15) is 0 Å². The third-order valence-corrected chi connectivity index (χ3v) is 3.80. The van der Waals surface area contributed by atoms with Gasteiger partial charge in [-0.2, -0.15) is 4.80 Å². The second-order valence-electron chi connectivity index (χ2n) is 5.19. The van der Waals surface area contributed by atoms with Gasteiger partial charge in [0.2, 0.25) is 0 Å². The average Bonchev–Trinajstić information content (AvgIpc) is 2.73. The second kappa shape index (κ2) is 5.55. The fraction of sp³-hybridized carbons (Fsp3) is 0.909. The van der Waals surface area contributed by atoms with Gasteiger partial charge < -0.3 is 0 Å². The highest BCUT2D eigenvalue weighted by molar-refractivity contribution is 4.89. The Hall–Kier alpha value is -1.01. The molecule has 0 radical (unpaired) electrons. The van der Waals surface area contributed by atoms with Gasteiger partial charge in [-0.1, -0.05) is 19.8 Å². The number of hydrogen-bond donors (Lipinski definition) is 2. The molecule has 96 valence electrons. The molecule has 0 spiro atoms. The summed E-state index contributed by atoms with van der Waals surface area (Å²) in [6.07, 6.45) is 5.86. The zero-order valence-electron chi connectivity index (χ0n) is 10.6. The first-order valence-electron chi connectivity index (χ1n) is 6.38. The summed E-state index contributed by atoms with van der Waals surface area (Å²) in [5, 5.41) is 12.1. The molecule has 1 unspecified atom stereocenters. The van der Waals surface area contributed by atoms with Crippen molar-refractivity contribution in [1.82, 2.24) is 25.6 Å². The molecule has 0 aliphatic heterocycles. The molecule has 1 atom stereocenters. The topological polar surface area (TPSA) is 81.7 Å². The van der Waals surface area contributed by atoms with E-state index in [2.05, 4.69) is 27.8 Å². The predicted octanol–water partition coefficient (Wildman–Crippen LogP) is 0.411. The summed E-state index contributed by atoms with van der Waals surface area (Å²) < 4.78 is 0. The minimum atomic E-state index is 0.270. The van der Waals surface area contributed by atoms with Gasteiger partial charge in [0.05, 0.1) is 7.05 Å². The Morgan fingerprint density at radius 2 is 2.12 bits per heavy atom. The molecule has 0 amide bonds. The van der Waals surface area contributed by atoms with E-state index in [1.54, 1.807) is 7.05 Å². The molecule has 1 saturated carbocycles. The molecule has 1 heterocycles. The van der Waals surface area contributed by atoms with Crippen LogP contribution in [0.2, 0.25) is 0 Å². The molecule has 0 bridgehead atoms. The number of hydrogen-bond acceptors (Lipinski definition) is 5. The predicted molar refractivity (Wildman–Crippen MR) is 64.7 cm³/mol. The van der Waals surface area contributed by atoms with Crippen LogP contribution >= 0.6 is 0 Å². The molecule has 1 fully saturated rings. The van der Waals surface area contributed by atoms with Gasteiger partial charge in [-0.05, 0) is 29.9 Å². The van der Waals surface area contributed by atoms with Gasteiger partial charge in [-0.3, -0.25) is 11.3 Å². The molecule has 3 N–H and O–H groups in total. The highest BCUT2D eigenvalue weighted by Crippen LogP contribution is 2.30. The van der Waals surface area contributed by atoms with Crippen LogP contribution in [0.5, 0.6) is 0 Å². The Kier molecular flexibility index (Phi) is 4.06. The summed E-state index contributed by atoms with van der Waals surface area (Å²) in [6, 6.07) is 0.270. The Morgan fingerprint density at radius 3 is 2.65 bits per heavy atom. The second-order valence-corrected chi connectivity index (χ2v) is 5.19. The lowest BCUT2D eigenvalue weighted by Gasteiger charge is -2.31. The fourth-order valence-corrected chi connectivity index (χ4v) is 2.65. The quantitative estimate of drug-likeness (QED) is 0.586. The zero-order valence-corrected chi connectivity index (χ0v) is 10.6. The van der Waals surface area contributed by atoms with E-state index in [1.807, 2.05) is 0 Å². The van der Waals surface area contributed by atoms with Crippen molar-refractivity contribution in [2.75, 3.05) is 0 Å². The van der Waals surface area contributed by atoms with Crippen molar-refractivity contribution in [2.24, 2.45) is 24.7 Å². The maximum atomic E-state index is 5.66. The van der Waals surface area contributed by atoms with Gasteiger partial charge in [0, 0.05) is 12.5 Å². The molecule has 6 nitrogen and oxygen atoms in total. The van der Waals surface area contributed by atoms with Crippen LogP contribution in [0.15, 0.2) is 0 Å². The minimum Gasteiger partial charge on any atom is -0.271 e. The largest absolute Gasteiger partial charge is 0.271 e. The number of hydrazine groups is 1. The van der Waals surface area contributed by atoms with E-state index >= 15 is 0 Å². The summed E-state index contributed by atoms with van der Waals surface area (Å²) in [5.41, 5.74) is 2.93. The van der Waals surface area contributed by atoms with E-state index in [9.17, 15) is 0 Å². The number of aromatic nitrogens is 4. The van der Waals surface area contributed by atoms with E-state index < -0.39 is 0 Å². The van der Waals surface area contributed by atoms with Crippen LogP contribution in [0, 0.1) is 11.8 Å². The molecule has 17 heavy (non-hydrogen) atoms. The van der Waals surface area contributed by atoms with E-state index in [-0.39, 0.29) is 6.04 Å². The van der Waals surface area contributed by atoms with Gasteiger partial charge in [0.25, 0.3) is 0 Å². The lowest BCUT2D eigenvalue weighted by Crippen LogP contribution is -2.43. The highest BCUT2D eigenvalue weighted by atomic mass is 15.6. The third kappa shape index (κ3) is 3.23. The number of nitrogens with one attached hydrogen (secondary N) is 1. The van der Waals surface area contributed by atoms with Crippen molar-refractivity contribution in [3.05, 3.63) is 5.82 Å². The molecular weight excluding hydrogens is 216 g/mol. The van der Waals surface area contributed by atoms with Crippen molar-refractivity contribution >= 4 is 0 Å². The first-order valence-corrected chi connectivity index (χ1v) is 6.38. The highest BCUT2D eigenvalue weighted by Gasteiger charge is 2.26. The summed E-state index contributed by atoms with van der Waals surface area (Å²) >= 11 is 0. The molecule has 0 saturated heterocycles. The molecule has 1 aliphatic carbocycles. The first-order chi connectivity index (χ1) is 8.19. The molecule has 1 aromatic heterocycles. The van der Waals surface area contributed by atoms with Crippen LogP contribution in [-0.4, -0.2) is 26.2 Å². The molecular formula is C11H22N6. The van der Waals surface area contributed by atoms with Crippen LogP contribution in [0.4, 0.5) is 0 Å². The standard InChI is InChI=1S/C11H22N6/c1-8-3-5-9(6-4-8)10(13-12)7-11-14-16-17(2)15-11/h8-10,13H,3-7,12H2,1-2H3. The molecule has 1 aromatic rings. The normalized spacial score (nSPS) is 27.0. The van der Waals surface area contributed by atoms with Crippen molar-refractivity contribution in [3.8, 4) is 0 Å². The number of tetrazole rings is 1. The van der Waals surface area contributed by atoms with Crippen LogP contribution < -0.4 is 11.3 Å². The zero-order chi connectivity index (χ0) is 12.3. The van der Waals surface area contributed by atoms with Gasteiger partial charge in [-0.15, -0.1) is 10.2 Å². The Bertz CT molecular complexity index is 341. The third-order valence-electron chi connectivity index (χ3n) is 3.80. The SMILES string of the molecule is CC1CCC(C(Cc2nnn(C)n2)NN)CC1. The Balaban J connectivity index is 1.92. The lowest BCUT2D eigenvalue weighted by molar-refractivity contribution is 0.228. The Morgan fingerprint density at radius 1 is 1.41 bits per heavy atom. The fourth-order valence-electron chi connectivity index (χ4n) is 2.65. The molecule has 1 aliphatic rings. The number of nitrogens with zero attached hydrogens (tertiary/aromatic N) is 4. The molecule has 2 rings (SSSR count). The summed E-state index contributed by atoms with van der Waals surface area (Å²) in [5.74, 6) is 7.93. The number of aryl methyl sites for hydroxylation is 1. The number of nitrogens with two attached hydrogens (primary N) is 1. The van der Waals surface area contributed by atoms with Crippen LogP contribution in [0.25, 0.3) is 0 Å². The lowest BCUT2D eigenvalue weighted by atomic mass is 9.78.